The summed E-state index contributed by atoms with van der Waals surface area (Å²) in [6, 6.07) is 14.8. The van der Waals surface area contributed by atoms with Gasteiger partial charge >= 0.3 is 0 Å². The van der Waals surface area contributed by atoms with E-state index in [0.29, 0.717) is 11.4 Å². The maximum atomic E-state index is 13.1. The highest BCUT2D eigenvalue weighted by atomic mass is 16.2. The molecule has 0 radical (unpaired) electrons. The van der Waals surface area contributed by atoms with E-state index in [4.69, 9.17) is 0 Å². The van der Waals surface area contributed by atoms with Gasteiger partial charge < -0.3 is 5.32 Å². The number of fused-ring (bicyclic) bond motifs is 6. The number of rotatable bonds is 4. The van der Waals surface area contributed by atoms with Gasteiger partial charge in [-0.15, -0.1) is 0 Å². The van der Waals surface area contributed by atoms with Gasteiger partial charge in [0.1, 0.15) is 0 Å². The molecule has 1 aromatic heterocycles. The van der Waals surface area contributed by atoms with Gasteiger partial charge in [-0.1, -0.05) is 36.4 Å². The van der Waals surface area contributed by atoms with Crippen molar-refractivity contribution in [2.75, 3.05) is 10.2 Å². The van der Waals surface area contributed by atoms with Crippen LogP contribution < -0.4 is 10.2 Å². The molecule has 2 bridgehead atoms. The van der Waals surface area contributed by atoms with Gasteiger partial charge in [-0.2, -0.15) is 0 Å². The fourth-order valence-electron chi connectivity index (χ4n) is 5.69. The second-order valence-corrected chi connectivity index (χ2v) is 9.26. The number of hydrogen-bond donors (Lipinski definition) is 1. The average molecular weight is 450 g/mol. The Labute approximate surface area is 197 Å². The monoisotopic (exact) mass is 449 g/mol. The van der Waals surface area contributed by atoms with Crippen molar-refractivity contribution in [2.24, 2.45) is 23.7 Å². The SMILES string of the molecule is Cc1ccnc2c(NC(=O)C=Cc3cccc(N4C(=O)C5C6C=CC(C6)C5C4=O)c3)cccc12. The van der Waals surface area contributed by atoms with Crippen LogP contribution in [0.3, 0.4) is 0 Å². The molecule has 1 N–H and O–H groups in total. The summed E-state index contributed by atoms with van der Waals surface area (Å²) in [5, 5.41) is 3.89. The molecule has 2 aliphatic carbocycles. The van der Waals surface area contributed by atoms with Crippen molar-refractivity contribution in [3.05, 3.63) is 84.1 Å². The fourth-order valence-corrected chi connectivity index (χ4v) is 5.69. The van der Waals surface area contributed by atoms with Crippen LogP contribution in [0.2, 0.25) is 0 Å². The molecular formula is C28H23N3O3. The summed E-state index contributed by atoms with van der Waals surface area (Å²) in [4.78, 5) is 44.5. The largest absolute Gasteiger partial charge is 0.321 e. The Morgan fingerprint density at radius 1 is 1.03 bits per heavy atom. The first-order valence-corrected chi connectivity index (χ1v) is 11.5. The average Bonchev–Trinajstić information content (AvgIpc) is 3.52. The molecule has 2 fully saturated rings. The molecule has 168 valence electrons. The maximum Gasteiger partial charge on any atom is 0.248 e. The van der Waals surface area contributed by atoms with Crippen LogP contribution in [-0.2, 0) is 14.4 Å². The van der Waals surface area contributed by atoms with Gasteiger partial charge in [-0.25, -0.2) is 4.90 Å². The predicted octanol–water partition coefficient (Wildman–Crippen LogP) is 4.51. The first-order chi connectivity index (χ1) is 16.5. The van der Waals surface area contributed by atoms with Crippen molar-refractivity contribution in [3.63, 3.8) is 0 Å². The third-order valence-electron chi connectivity index (χ3n) is 7.27. The first-order valence-electron chi connectivity index (χ1n) is 11.5. The van der Waals surface area contributed by atoms with Crippen molar-refractivity contribution in [1.29, 1.82) is 0 Å². The third kappa shape index (κ3) is 3.17. The summed E-state index contributed by atoms with van der Waals surface area (Å²) in [7, 11) is 0. The lowest BCUT2D eigenvalue weighted by Gasteiger charge is -2.17. The van der Waals surface area contributed by atoms with Crippen LogP contribution in [0.1, 0.15) is 17.5 Å². The highest BCUT2D eigenvalue weighted by molar-refractivity contribution is 6.23. The number of nitrogens with one attached hydrogen (secondary N) is 1. The fraction of sp³-hybridized carbons (Fsp3) is 0.214. The quantitative estimate of drug-likeness (QED) is 0.361. The van der Waals surface area contributed by atoms with E-state index in [0.717, 1.165) is 28.5 Å². The summed E-state index contributed by atoms with van der Waals surface area (Å²) in [6.45, 7) is 2.01. The Bertz CT molecular complexity index is 1390. The Morgan fingerprint density at radius 3 is 2.53 bits per heavy atom. The molecule has 6 rings (SSSR count). The van der Waals surface area contributed by atoms with Crippen molar-refractivity contribution in [1.82, 2.24) is 4.98 Å². The second kappa shape index (κ2) is 7.76. The molecule has 1 saturated carbocycles. The topological polar surface area (TPSA) is 79.4 Å². The Kier molecular flexibility index (Phi) is 4.69. The van der Waals surface area contributed by atoms with Gasteiger partial charge in [-0.3, -0.25) is 19.4 Å². The van der Waals surface area contributed by atoms with Gasteiger partial charge in [-0.05, 0) is 66.6 Å². The molecule has 1 saturated heterocycles. The van der Waals surface area contributed by atoms with E-state index in [1.54, 1.807) is 30.5 Å². The second-order valence-electron chi connectivity index (χ2n) is 9.26. The molecule has 3 aliphatic rings. The molecule has 6 heteroatoms. The minimum atomic E-state index is -0.285. The van der Waals surface area contributed by atoms with Crippen LogP contribution in [-0.4, -0.2) is 22.7 Å². The molecular weight excluding hydrogens is 426 g/mol. The van der Waals surface area contributed by atoms with Gasteiger partial charge in [0.2, 0.25) is 17.7 Å². The molecule has 2 heterocycles. The minimum absolute atomic E-state index is 0.107. The number of carbonyl (C=O) groups is 3. The zero-order valence-corrected chi connectivity index (χ0v) is 18.6. The van der Waals surface area contributed by atoms with Gasteiger partial charge in [0.15, 0.2) is 0 Å². The van der Waals surface area contributed by atoms with E-state index in [2.05, 4.69) is 22.5 Å². The van der Waals surface area contributed by atoms with Gasteiger partial charge in [0, 0.05) is 17.7 Å². The molecule has 3 aromatic rings. The Hall–Kier alpha value is -4.06. The summed E-state index contributed by atoms with van der Waals surface area (Å²) < 4.78 is 0. The molecule has 4 unspecified atom stereocenters. The number of anilines is 2. The normalized spacial score (nSPS) is 25.0. The molecule has 0 spiro atoms. The van der Waals surface area contributed by atoms with Gasteiger partial charge in [0.25, 0.3) is 0 Å². The van der Waals surface area contributed by atoms with Crippen LogP contribution in [0.25, 0.3) is 17.0 Å². The van der Waals surface area contributed by atoms with E-state index in [1.165, 1.54) is 11.0 Å². The maximum absolute atomic E-state index is 13.1. The number of imide groups is 1. The van der Waals surface area contributed by atoms with Crippen molar-refractivity contribution in [2.45, 2.75) is 13.3 Å². The number of allylic oxidation sites excluding steroid dienone is 2. The summed E-state index contributed by atoms with van der Waals surface area (Å²) in [5.41, 5.74) is 3.77. The molecule has 34 heavy (non-hydrogen) atoms. The lowest BCUT2D eigenvalue weighted by Crippen LogP contribution is -2.32. The smallest absolute Gasteiger partial charge is 0.248 e. The number of aryl methyl sites for hydroxylation is 1. The Balaban J connectivity index is 1.21. The summed E-state index contributed by atoms with van der Waals surface area (Å²) in [6.07, 6.45) is 9.94. The number of amides is 3. The number of pyridine rings is 1. The Morgan fingerprint density at radius 2 is 1.76 bits per heavy atom. The highest BCUT2D eigenvalue weighted by Crippen LogP contribution is 2.53. The van der Waals surface area contributed by atoms with Gasteiger partial charge in [0.05, 0.1) is 28.7 Å². The number of nitrogens with zero attached hydrogens (tertiary/aromatic N) is 2. The molecule has 2 aromatic carbocycles. The standard InChI is InChI=1S/C28H23N3O3/c1-16-12-13-29-26-21(16)6-3-7-22(26)30-23(32)11-8-17-4-2-5-20(14-17)31-27(33)24-18-9-10-19(15-18)25(24)28(31)34/h2-14,18-19,24-25H,15H2,1H3,(H,30,32). The van der Waals surface area contributed by atoms with Crippen LogP contribution in [0, 0.1) is 30.6 Å². The number of carbonyl (C=O) groups excluding carboxylic acids is 3. The van der Waals surface area contributed by atoms with Crippen LogP contribution in [0.5, 0.6) is 0 Å². The molecule has 3 amide bonds. The number of para-hydroxylation sites is 1. The van der Waals surface area contributed by atoms with Crippen molar-refractivity contribution < 1.29 is 14.4 Å². The zero-order valence-electron chi connectivity index (χ0n) is 18.6. The lowest BCUT2D eigenvalue weighted by molar-refractivity contribution is -0.123. The highest BCUT2D eigenvalue weighted by Gasteiger charge is 2.59. The molecule has 6 nitrogen and oxygen atoms in total. The number of benzene rings is 2. The zero-order chi connectivity index (χ0) is 23.4. The third-order valence-corrected chi connectivity index (χ3v) is 7.27. The van der Waals surface area contributed by atoms with E-state index in [9.17, 15) is 14.4 Å². The lowest BCUT2D eigenvalue weighted by atomic mass is 9.85. The summed E-state index contributed by atoms with van der Waals surface area (Å²) in [5.74, 6) is -0.609. The van der Waals surface area contributed by atoms with E-state index < -0.39 is 0 Å². The molecule has 4 atom stereocenters. The van der Waals surface area contributed by atoms with Crippen LogP contribution in [0.15, 0.2) is 73.0 Å². The number of aromatic nitrogens is 1. The van der Waals surface area contributed by atoms with E-state index >= 15 is 0 Å². The summed E-state index contributed by atoms with van der Waals surface area (Å²) >= 11 is 0. The van der Waals surface area contributed by atoms with E-state index in [-0.39, 0.29) is 41.4 Å². The first kappa shape index (κ1) is 20.5. The number of hydrogen-bond acceptors (Lipinski definition) is 4. The molecule has 1 aliphatic heterocycles. The van der Waals surface area contributed by atoms with Crippen molar-refractivity contribution >= 4 is 46.1 Å². The van der Waals surface area contributed by atoms with Crippen LogP contribution >= 0.6 is 0 Å². The predicted molar refractivity (Wildman–Crippen MR) is 131 cm³/mol. The van der Waals surface area contributed by atoms with Crippen molar-refractivity contribution in [3.8, 4) is 0 Å². The van der Waals surface area contributed by atoms with E-state index in [1.807, 2.05) is 37.3 Å². The minimum Gasteiger partial charge on any atom is -0.321 e. The van der Waals surface area contributed by atoms with Crippen LogP contribution in [0.4, 0.5) is 11.4 Å².